The third-order valence-corrected chi connectivity index (χ3v) is 6.43. The summed E-state index contributed by atoms with van der Waals surface area (Å²) in [4.78, 5) is 49.3. The van der Waals surface area contributed by atoms with Crippen molar-refractivity contribution < 1.29 is 24.3 Å². The minimum atomic E-state index is -1.34. The van der Waals surface area contributed by atoms with Gasteiger partial charge in [-0.05, 0) is 30.5 Å². The van der Waals surface area contributed by atoms with E-state index in [0.717, 1.165) is 17.7 Å². The van der Waals surface area contributed by atoms with Crippen LogP contribution in [-0.4, -0.2) is 47.0 Å². The number of aliphatic carboxylic acids is 1. The fraction of sp³-hybridized carbons (Fsp3) is 0.250. The number of ketones is 1. The molecule has 1 aliphatic heterocycles. The highest BCUT2D eigenvalue weighted by atomic mass is 35.5. The molecule has 2 amide bonds. The third-order valence-electron chi connectivity index (χ3n) is 5.02. The van der Waals surface area contributed by atoms with E-state index in [0.29, 0.717) is 23.3 Å². The molecule has 0 radical (unpaired) electrons. The van der Waals surface area contributed by atoms with Crippen LogP contribution in [0.1, 0.15) is 39.1 Å². The van der Waals surface area contributed by atoms with Gasteiger partial charge in [0, 0.05) is 24.3 Å². The highest BCUT2D eigenvalue weighted by molar-refractivity contribution is 8.04. The quantitative estimate of drug-likeness (QED) is 0.443. The van der Waals surface area contributed by atoms with E-state index in [1.807, 2.05) is 30.3 Å². The molecule has 1 atom stereocenters. The molecule has 3 rings (SSSR count). The lowest BCUT2D eigenvalue weighted by atomic mass is 10.0. The molecule has 0 unspecified atom stereocenters. The van der Waals surface area contributed by atoms with Gasteiger partial charge in [-0.1, -0.05) is 54.1 Å². The molecular formula is C24H23ClN2O5S. The lowest BCUT2D eigenvalue weighted by molar-refractivity contribution is -0.139. The first-order valence-corrected chi connectivity index (χ1v) is 11.7. The molecule has 1 heterocycles. The van der Waals surface area contributed by atoms with Gasteiger partial charge in [-0.25, -0.2) is 4.79 Å². The van der Waals surface area contributed by atoms with Crippen molar-refractivity contribution in [1.82, 2.24) is 10.6 Å². The minimum absolute atomic E-state index is 0.0405. The van der Waals surface area contributed by atoms with Gasteiger partial charge in [-0.15, -0.1) is 11.8 Å². The second-order valence-corrected chi connectivity index (χ2v) is 8.93. The fourth-order valence-corrected chi connectivity index (χ4v) is 4.37. The van der Waals surface area contributed by atoms with Crippen molar-refractivity contribution in [1.29, 1.82) is 0 Å². The topological polar surface area (TPSA) is 113 Å². The van der Waals surface area contributed by atoms with Crippen LogP contribution in [0.2, 0.25) is 5.02 Å². The molecule has 0 fully saturated rings. The van der Waals surface area contributed by atoms with Crippen LogP contribution in [0.4, 0.5) is 0 Å². The molecule has 7 nitrogen and oxygen atoms in total. The maximum atomic E-state index is 12.6. The van der Waals surface area contributed by atoms with Gasteiger partial charge < -0.3 is 15.7 Å². The highest BCUT2D eigenvalue weighted by Gasteiger charge is 2.24. The molecule has 3 N–H and O–H groups in total. The van der Waals surface area contributed by atoms with Crippen LogP contribution in [-0.2, 0) is 16.0 Å². The Morgan fingerprint density at radius 1 is 1.06 bits per heavy atom. The number of nitrogens with one attached hydrogen (secondary N) is 2. The molecule has 2 aromatic rings. The second kappa shape index (κ2) is 11.7. The Bertz CT molecular complexity index is 1090. The number of benzene rings is 2. The SMILES string of the molecule is O=C(NC[C@H](NC(=O)c1ccc(C(=O)CCc2ccccc2)cc1Cl)C(=O)O)C1=CCCS1. The fourth-order valence-electron chi connectivity index (χ4n) is 3.21. The Labute approximate surface area is 200 Å². The van der Waals surface area contributed by atoms with Gasteiger partial charge in [0.05, 0.1) is 15.5 Å². The first kappa shape index (κ1) is 24.5. The summed E-state index contributed by atoms with van der Waals surface area (Å²) in [7, 11) is 0. The molecule has 172 valence electrons. The second-order valence-electron chi connectivity index (χ2n) is 7.38. The number of thioether (sulfide) groups is 1. The number of rotatable bonds is 10. The molecule has 0 saturated heterocycles. The minimum Gasteiger partial charge on any atom is -0.480 e. The maximum absolute atomic E-state index is 12.6. The van der Waals surface area contributed by atoms with Crippen LogP contribution in [0.25, 0.3) is 0 Å². The summed E-state index contributed by atoms with van der Waals surface area (Å²) in [5.74, 6) is -1.67. The van der Waals surface area contributed by atoms with Crippen LogP contribution in [0.15, 0.2) is 59.5 Å². The molecule has 0 aromatic heterocycles. The first-order valence-electron chi connectivity index (χ1n) is 10.4. The number of Topliss-reactive ketones (excluding diaryl/α,β-unsaturated/α-hetero) is 1. The lowest BCUT2D eigenvalue weighted by Gasteiger charge is -2.16. The molecule has 0 saturated carbocycles. The Hall–Kier alpha value is -3.10. The van der Waals surface area contributed by atoms with Crippen LogP contribution >= 0.6 is 23.4 Å². The van der Waals surface area contributed by atoms with Gasteiger partial charge in [0.15, 0.2) is 5.78 Å². The van der Waals surface area contributed by atoms with Crippen molar-refractivity contribution in [2.75, 3.05) is 12.3 Å². The van der Waals surface area contributed by atoms with Crippen LogP contribution in [0.5, 0.6) is 0 Å². The van der Waals surface area contributed by atoms with Gasteiger partial charge in [0.1, 0.15) is 6.04 Å². The van der Waals surface area contributed by atoms with Crippen LogP contribution in [0, 0.1) is 0 Å². The highest BCUT2D eigenvalue weighted by Crippen LogP contribution is 2.24. The number of hydrogen-bond acceptors (Lipinski definition) is 5. The zero-order valence-corrected chi connectivity index (χ0v) is 19.2. The summed E-state index contributed by atoms with van der Waals surface area (Å²) in [5, 5.41) is 14.4. The van der Waals surface area contributed by atoms with Crippen LogP contribution in [0.3, 0.4) is 0 Å². The number of hydrogen-bond donors (Lipinski definition) is 3. The Morgan fingerprint density at radius 3 is 2.45 bits per heavy atom. The molecule has 0 spiro atoms. The standard InChI is InChI=1S/C24H23ClN2O5S/c25-18-13-16(20(28)11-8-15-5-2-1-3-6-15)9-10-17(18)22(29)27-19(24(31)32)14-26-23(30)21-7-4-12-33-21/h1-3,5-7,9-10,13,19H,4,8,11-12,14H2,(H,26,30)(H,27,29)(H,31,32)/t19-/m0/s1. The van der Waals surface area contributed by atoms with Crippen molar-refractivity contribution in [3.8, 4) is 0 Å². The van der Waals surface area contributed by atoms with E-state index in [1.54, 1.807) is 6.08 Å². The van der Waals surface area contributed by atoms with Gasteiger partial charge in [-0.2, -0.15) is 0 Å². The summed E-state index contributed by atoms with van der Waals surface area (Å²) >= 11 is 7.62. The number of carboxylic acid groups (broad SMARTS) is 1. The van der Waals surface area contributed by atoms with Gasteiger partial charge >= 0.3 is 5.97 Å². The number of allylic oxidation sites excluding steroid dienone is 1. The zero-order valence-electron chi connectivity index (χ0n) is 17.7. The molecule has 33 heavy (non-hydrogen) atoms. The molecular weight excluding hydrogens is 464 g/mol. The number of aryl methyl sites for hydroxylation is 1. The normalized spacial score (nSPS) is 13.7. The van der Waals surface area contributed by atoms with Crippen molar-refractivity contribution in [2.24, 2.45) is 0 Å². The number of carboxylic acids is 1. The van der Waals surface area contributed by atoms with E-state index in [-0.39, 0.29) is 28.8 Å². The van der Waals surface area contributed by atoms with E-state index in [9.17, 15) is 24.3 Å². The number of carbonyl (C=O) groups is 4. The predicted molar refractivity (Wildman–Crippen MR) is 128 cm³/mol. The van der Waals surface area contributed by atoms with E-state index < -0.39 is 17.9 Å². The van der Waals surface area contributed by atoms with Crippen molar-refractivity contribution in [3.05, 3.63) is 81.2 Å². The molecule has 0 aliphatic carbocycles. The summed E-state index contributed by atoms with van der Waals surface area (Å²) in [6, 6.07) is 12.6. The van der Waals surface area contributed by atoms with Gasteiger partial charge in [0.25, 0.3) is 11.8 Å². The zero-order chi connectivity index (χ0) is 23.8. The average molecular weight is 487 g/mol. The monoisotopic (exact) mass is 486 g/mol. The summed E-state index contributed by atoms with van der Waals surface area (Å²) in [6.07, 6.45) is 3.45. The average Bonchev–Trinajstić information content (AvgIpc) is 3.35. The Kier molecular flexibility index (Phi) is 8.68. The number of carbonyl (C=O) groups excluding carboxylic acids is 3. The number of halogens is 1. The largest absolute Gasteiger partial charge is 0.480 e. The van der Waals surface area contributed by atoms with E-state index in [2.05, 4.69) is 10.6 Å². The molecule has 2 aromatic carbocycles. The molecule has 9 heteroatoms. The van der Waals surface area contributed by atoms with Crippen molar-refractivity contribution in [3.63, 3.8) is 0 Å². The number of amides is 2. The van der Waals surface area contributed by atoms with E-state index in [1.165, 1.54) is 30.0 Å². The molecule has 1 aliphatic rings. The van der Waals surface area contributed by atoms with E-state index in [4.69, 9.17) is 11.6 Å². The van der Waals surface area contributed by atoms with Gasteiger partial charge in [0.2, 0.25) is 0 Å². The maximum Gasteiger partial charge on any atom is 0.328 e. The van der Waals surface area contributed by atoms with Crippen LogP contribution < -0.4 is 10.6 Å². The summed E-state index contributed by atoms with van der Waals surface area (Å²) in [5.41, 5.74) is 1.46. The Morgan fingerprint density at radius 2 is 1.82 bits per heavy atom. The van der Waals surface area contributed by atoms with Gasteiger partial charge in [-0.3, -0.25) is 14.4 Å². The smallest absolute Gasteiger partial charge is 0.328 e. The summed E-state index contributed by atoms with van der Waals surface area (Å²) < 4.78 is 0. The van der Waals surface area contributed by atoms with Crippen molar-refractivity contribution in [2.45, 2.75) is 25.3 Å². The predicted octanol–water partition coefficient (Wildman–Crippen LogP) is 3.48. The third kappa shape index (κ3) is 6.94. The molecule has 0 bridgehead atoms. The van der Waals surface area contributed by atoms with Crippen molar-refractivity contribution >= 4 is 46.9 Å². The lowest BCUT2D eigenvalue weighted by Crippen LogP contribution is -2.48. The summed E-state index contributed by atoms with van der Waals surface area (Å²) in [6.45, 7) is -0.272. The first-order chi connectivity index (χ1) is 15.8. The van der Waals surface area contributed by atoms with E-state index >= 15 is 0 Å². The Balaban J connectivity index is 1.59.